The molecule has 1 atom stereocenters. The van der Waals surface area contributed by atoms with Gasteiger partial charge < -0.3 is 0 Å². The predicted octanol–water partition coefficient (Wildman–Crippen LogP) is 3.95. The van der Waals surface area contributed by atoms with Crippen molar-refractivity contribution in [3.63, 3.8) is 0 Å². The van der Waals surface area contributed by atoms with Gasteiger partial charge in [-0.25, -0.2) is 0 Å². The zero-order valence-electron chi connectivity index (χ0n) is 8.28. The van der Waals surface area contributed by atoms with E-state index < -0.39 is 0 Å². The summed E-state index contributed by atoms with van der Waals surface area (Å²) in [5.41, 5.74) is 2.75. The SMILES string of the molecule is C=C(C)[C@H](CCC)/C(C)=C/C. The fraction of sp³-hybridized carbons (Fsp3) is 0.636. The predicted molar refractivity (Wildman–Crippen MR) is 52.6 cm³/mol. The molecule has 0 N–H and O–H groups in total. The molecule has 0 saturated carbocycles. The first-order chi connectivity index (χ1) is 5.13. The first kappa shape index (κ1) is 10.5. The lowest BCUT2D eigenvalue weighted by molar-refractivity contribution is 0.627. The minimum Gasteiger partial charge on any atom is -0.0995 e. The molecule has 0 aromatic carbocycles. The maximum absolute atomic E-state index is 4.00. The Morgan fingerprint density at radius 1 is 1.45 bits per heavy atom. The molecule has 0 unspecified atom stereocenters. The highest BCUT2D eigenvalue weighted by molar-refractivity contribution is 5.14. The Morgan fingerprint density at radius 2 is 2.00 bits per heavy atom. The molecule has 0 rings (SSSR count). The minimum absolute atomic E-state index is 0.616. The van der Waals surface area contributed by atoms with Crippen LogP contribution in [0.25, 0.3) is 0 Å². The van der Waals surface area contributed by atoms with Crippen LogP contribution in [0.15, 0.2) is 23.8 Å². The van der Waals surface area contributed by atoms with Crippen molar-refractivity contribution in [1.82, 2.24) is 0 Å². The van der Waals surface area contributed by atoms with Gasteiger partial charge in [0.2, 0.25) is 0 Å². The van der Waals surface area contributed by atoms with Crippen molar-refractivity contribution in [2.45, 2.75) is 40.5 Å². The average molecular weight is 152 g/mol. The van der Waals surface area contributed by atoms with E-state index in [2.05, 4.69) is 40.3 Å². The molecular formula is C11H20. The Bertz CT molecular complexity index is 151. The average Bonchev–Trinajstić information content (AvgIpc) is 1.98. The fourth-order valence-electron chi connectivity index (χ4n) is 1.35. The topological polar surface area (TPSA) is 0 Å². The minimum atomic E-state index is 0.616. The third-order valence-electron chi connectivity index (χ3n) is 2.18. The van der Waals surface area contributed by atoms with E-state index in [1.165, 1.54) is 24.0 Å². The summed E-state index contributed by atoms with van der Waals surface area (Å²) < 4.78 is 0. The number of hydrogen-bond acceptors (Lipinski definition) is 0. The van der Waals surface area contributed by atoms with Crippen LogP contribution in [0.5, 0.6) is 0 Å². The van der Waals surface area contributed by atoms with Crippen LogP contribution in [0.4, 0.5) is 0 Å². The molecule has 0 amide bonds. The number of rotatable bonds is 4. The second-order valence-corrected chi connectivity index (χ2v) is 3.22. The highest BCUT2D eigenvalue weighted by Crippen LogP contribution is 2.23. The Kier molecular flexibility index (Phi) is 4.93. The van der Waals surface area contributed by atoms with E-state index in [4.69, 9.17) is 0 Å². The van der Waals surface area contributed by atoms with Crippen LogP contribution in [-0.2, 0) is 0 Å². The number of allylic oxidation sites excluding steroid dienone is 3. The Hall–Kier alpha value is -0.520. The van der Waals surface area contributed by atoms with Gasteiger partial charge in [0.1, 0.15) is 0 Å². The van der Waals surface area contributed by atoms with E-state index in [-0.39, 0.29) is 0 Å². The molecule has 0 aliphatic rings. The van der Waals surface area contributed by atoms with E-state index in [1.54, 1.807) is 0 Å². The molecule has 0 heterocycles. The molecule has 0 heteroatoms. The van der Waals surface area contributed by atoms with Gasteiger partial charge in [0, 0.05) is 0 Å². The lowest BCUT2D eigenvalue weighted by atomic mass is 9.89. The highest BCUT2D eigenvalue weighted by Gasteiger charge is 2.08. The summed E-state index contributed by atoms with van der Waals surface area (Å²) in [5, 5.41) is 0. The summed E-state index contributed by atoms with van der Waals surface area (Å²) in [4.78, 5) is 0. The molecule has 0 radical (unpaired) electrons. The van der Waals surface area contributed by atoms with Crippen molar-refractivity contribution in [1.29, 1.82) is 0 Å². The lowest BCUT2D eigenvalue weighted by Gasteiger charge is -2.16. The lowest BCUT2D eigenvalue weighted by Crippen LogP contribution is -2.02. The molecule has 0 saturated heterocycles. The van der Waals surface area contributed by atoms with Crippen molar-refractivity contribution >= 4 is 0 Å². The monoisotopic (exact) mass is 152 g/mol. The second-order valence-electron chi connectivity index (χ2n) is 3.22. The standard InChI is InChI=1S/C11H20/c1-6-8-11(9(3)4)10(5)7-2/h7,11H,3,6,8H2,1-2,4-5H3/b10-7+/t11-/m0/s1. The van der Waals surface area contributed by atoms with Gasteiger partial charge in [-0.15, -0.1) is 0 Å². The molecule has 0 aliphatic carbocycles. The summed E-state index contributed by atoms with van der Waals surface area (Å²) in [5.74, 6) is 0.616. The fourth-order valence-corrected chi connectivity index (χ4v) is 1.35. The van der Waals surface area contributed by atoms with Crippen LogP contribution in [-0.4, -0.2) is 0 Å². The molecule has 11 heavy (non-hydrogen) atoms. The summed E-state index contributed by atoms with van der Waals surface area (Å²) in [6, 6.07) is 0. The van der Waals surface area contributed by atoms with Crippen LogP contribution in [0, 0.1) is 5.92 Å². The molecule has 0 aliphatic heterocycles. The van der Waals surface area contributed by atoms with Gasteiger partial charge in [-0.2, -0.15) is 0 Å². The zero-order chi connectivity index (χ0) is 8.85. The van der Waals surface area contributed by atoms with Gasteiger partial charge >= 0.3 is 0 Å². The van der Waals surface area contributed by atoms with Gasteiger partial charge in [-0.3, -0.25) is 0 Å². The molecule has 0 bridgehead atoms. The summed E-state index contributed by atoms with van der Waals surface area (Å²) in [7, 11) is 0. The van der Waals surface area contributed by atoms with Gasteiger partial charge in [0.05, 0.1) is 0 Å². The zero-order valence-corrected chi connectivity index (χ0v) is 8.28. The van der Waals surface area contributed by atoms with E-state index >= 15 is 0 Å². The quantitative estimate of drug-likeness (QED) is 0.535. The number of hydrogen-bond donors (Lipinski definition) is 0. The Balaban J connectivity index is 4.21. The molecule has 64 valence electrons. The Labute approximate surface area is 71.0 Å². The molecular weight excluding hydrogens is 132 g/mol. The van der Waals surface area contributed by atoms with Gasteiger partial charge in [0.15, 0.2) is 0 Å². The van der Waals surface area contributed by atoms with Crippen LogP contribution in [0.1, 0.15) is 40.5 Å². The normalized spacial score (nSPS) is 14.7. The van der Waals surface area contributed by atoms with Gasteiger partial charge in [-0.05, 0) is 33.1 Å². The van der Waals surface area contributed by atoms with E-state index in [0.29, 0.717) is 5.92 Å². The second kappa shape index (κ2) is 5.17. The van der Waals surface area contributed by atoms with Crippen molar-refractivity contribution in [2.75, 3.05) is 0 Å². The molecule has 0 spiro atoms. The van der Waals surface area contributed by atoms with Crippen molar-refractivity contribution in [3.05, 3.63) is 23.8 Å². The smallest absolute Gasteiger partial charge is 0.000151 e. The third kappa shape index (κ3) is 3.41. The van der Waals surface area contributed by atoms with Crippen molar-refractivity contribution in [2.24, 2.45) is 5.92 Å². The first-order valence-corrected chi connectivity index (χ1v) is 4.41. The van der Waals surface area contributed by atoms with E-state index in [9.17, 15) is 0 Å². The van der Waals surface area contributed by atoms with Crippen LogP contribution in [0.3, 0.4) is 0 Å². The molecule has 0 aromatic heterocycles. The molecule has 0 aromatic rings. The van der Waals surface area contributed by atoms with Crippen LogP contribution in [0.2, 0.25) is 0 Å². The van der Waals surface area contributed by atoms with Gasteiger partial charge in [0.25, 0.3) is 0 Å². The molecule has 0 nitrogen and oxygen atoms in total. The van der Waals surface area contributed by atoms with Crippen LogP contribution >= 0.6 is 0 Å². The maximum atomic E-state index is 4.00. The van der Waals surface area contributed by atoms with Crippen molar-refractivity contribution < 1.29 is 0 Å². The first-order valence-electron chi connectivity index (χ1n) is 4.41. The molecule has 0 fully saturated rings. The Morgan fingerprint density at radius 3 is 2.27 bits per heavy atom. The summed E-state index contributed by atoms with van der Waals surface area (Å²) >= 11 is 0. The largest absolute Gasteiger partial charge is 0.0995 e. The highest BCUT2D eigenvalue weighted by atomic mass is 14.1. The van der Waals surface area contributed by atoms with Crippen LogP contribution < -0.4 is 0 Å². The third-order valence-corrected chi connectivity index (χ3v) is 2.18. The van der Waals surface area contributed by atoms with E-state index in [1.807, 2.05) is 0 Å². The van der Waals surface area contributed by atoms with Crippen molar-refractivity contribution in [3.8, 4) is 0 Å². The summed E-state index contributed by atoms with van der Waals surface area (Å²) in [6.45, 7) is 12.6. The van der Waals surface area contributed by atoms with Gasteiger partial charge in [-0.1, -0.05) is 37.1 Å². The van der Waals surface area contributed by atoms with E-state index in [0.717, 1.165) is 0 Å². The maximum Gasteiger partial charge on any atom is -0.000151 e. The summed E-state index contributed by atoms with van der Waals surface area (Å²) in [6.07, 6.45) is 4.67.